The van der Waals surface area contributed by atoms with Crippen LogP contribution in [0.5, 0.6) is 0 Å². The summed E-state index contributed by atoms with van der Waals surface area (Å²) in [6.45, 7) is 4.64. The molecule has 2 bridgehead atoms. The van der Waals surface area contributed by atoms with Crippen molar-refractivity contribution in [3.63, 3.8) is 0 Å². The summed E-state index contributed by atoms with van der Waals surface area (Å²) in [5.41, 5.74) is 0. The number of likely N-dealkylation sites (tertiary alicyclic amines) is 3. The maximum Gasteiger partial charge on any atom is 0.242 e. The summed E-state index contributed by atoms with van der Waals surface area (Å²) in [6.07, 6.45) is 3.75. The molecule has 3 amide bonds. The Bertz CT molecular complexity index is 1470. The van der Waals surface area contributed by atoms with Crippen LogP contribution in [0.4, 0.5) is 0 Å². The minimum absolute atomic E-state index is 0.0645. The molecule has 0 aliphatic carbocycles. The molecule has 4 heterocycles. The molecule has 10 nitrogen and oxygen atoms in total. The Labute approximate surface area is 251 Å². The number of benzene rings is 2. The summed E-state index contributed by atoms with van der Waals surface area (Å²) in [7, 11) is -3.96. The second-order valence-corrected chi connectivity index (χ2v) is 14.4. The first-order valence-electron chi connectivity index (χ1n) is 14.9. The van der Waals surface area contributed by atoms with Gasteiger partial charge >= 0.3 is 0 Å². The van der Waals surface area contributed by atoms with Crippen molar-refractivity contribution >= 4 is 50.1 Å². The lowest BCUT2D eigenvalue weighted by Gasteiger charge is -2.47. The molecular formula is C30H38ClN5O5S. The lowest BCUT2D eigenvalue weighted by Crippen LogP contribution is -2.59. The zero-order valence-electron chi connectivity index (χ0n) is 23.6. The predicted molar refractivity (Wildman–Crippen MR) is 159 cm³/mol. The average molecular weight is 616 g/mol. The first-order chi connectivity index (χ1) is 20.2. The second-order valence-electron chi connectivity index (χ2n) is 12.3. The Morgan fingerprint density at radius 1 is 0.929 bits per heavy atom. The Balaban J connectivity index is 1.05. The molecule has 2 unspecified atom stereocenters. The van der Waals surface area contributed by atoms with Crippen LogP contribution < -0.4 is 10.0 Å². The van der Waals surface area contributed by atoms with Crippen LogP contribution >= 0.6 is 11.6 Å². The van der Waals surface area contributed by atoms with E-state index in [1.54, 1.807) is 30.3 Å². The molecule has 4 aliphatic rings. The molecule has 6 rings (SSSR count). The maximum atomic E-state index is 13.4. The fourth-order valence-corrected chi connectivity index (χ4v) is 8.52. The van der Waals surface area contributed by atoms with E-state index in [0.29, 0.717) is 50.6 Å². The van der Waals surface area contributed by atoms with Crippen LogP contribution in [0.15, 0.2) is 41.3 Å². The molecule has 3 atom stereocenters. The third-order valence-electron chi connectivity index (χ3n) is 9.17. The highest BCUT2D eigenvalue weighted by Crippen LogP contribution is 2.31. The SMILES string of the molecule is O=C(CN1CCC[C@H](NS(=O)(=O)c2ccc3cc(Cl)ccc3c2)C1=O)N1CC2CC(C1)CN(C(=O)C1CCNCC1)C2. The smallest absolute Gasteiger partial charge is 0.242 e. The monoisotopic (exact) mass is 615 g/mol. The van der Waals surface area contributed by atoms with Crippen molar-refractivity contribution in [3.8, 4) is 0 Å². The fourth-order valence-electron chi connectivity index (χ4n) is 7.08. The number of fused-ring (bicyclic) bond motifs is 3. The lowest BCUT2D eigenvalue weighted by molar-refractivity contribution is -0.148. The van der Waals surface area contributed by atoms with Gasteiger partial charge in [-0.3, -0.25) is 14.4 Å². The zero-order chi connectivity index (χ0) is 29.4. The Morgan fingerprint density at radius 3 is 2.33 bits per heavy atom. The molecular weight excluding hydrogens is 578 g/mol. The number of rotatable bonds is 6. The summed E-state index contributed by atoms with van der Waals surface area (Å²) >= 11 is 6.05. The number of amides is 3. The Morgan fingerprint density at radius 2 is 1.60 bits per heavy atom. The molecule has 2 N–H and O–H groups in total. The molecule has 0 radical (unpaired) electrons. The zero-order valence-corrected chi connectivity index (χ0v) is 25.2. The van der Waals surface area contributed by atoms with E-state index in [4.69, 9.17) is 11.6 Å². The van der Waals surface area contributed by atoms with E-state index in [-0.39, 0.29) is 46.9 Å². The van der Waals surface area contributed by atoms with Gasteiger partial charge in [0.2, 0.25) is 27.7 Å². The van der Waals surface area contributed by atoms with Crippen molar-refractivity contribution < 1.29 is 22.8 Å². The van der Waals surface area contributed by atoms with Gasteiger partial charge in [0.15, 0.2) is 0 Å². The quantitative estimate of drug-likeness (QED) is 0.514. The molecule has 2 aromatic rings. The van der Waals surface area contributed by atoms with Crippen LogP contribution in [-0.4, -0.2) is 99.2 Å². The van der Waals surface area contributed by atoms with Gasteiger partial charge in [0.05, 0.1) is 11.4 Å². The van der Waals surface area contributed by atoms with Gasteiger partial charge in [-0.15, -0.1) is 0 Å². The standard InChI is InChI=1S/C30H38ClN5O5S/c31-25-5-3-24-14-26(6-4-23(24)13-25)42(40,41)33-27-2-1-11-34(30(27)39)19-28(37)35-15-20-12-21(16-35)18-36(17-20)29(38)22-7-9-32-10-8-22/h3-6,13-14,20-22,27,32-33H,1-2,7-12,15-19H2/t20?,21?,27-/m0/s1. The number of sulfonamides is 1. The summed E-state index contributed by atoms with van der Waals surface area (Å²) < 4.78 is 29.0. The first kappa shape index (κ1) is 29.3. The molecule has 4 saturated heterocycles. The number of nitrogens with zero attached hydrogens (tertiary/aromatic N) is 3. The molecule has 42 heavy (non-hydrogen) atoms. The van der Waals surface area contributed by atoms with Crippen molar-refractivity contribution in [3.05, 3.63) is 41.4 Å². The molecule has 12 heteroatoms. The van der Waals surface area contributed by atoms with Gasteiger partial charge in [0.25, 0.3) is 0 Å². The highest BCUT2D eigenvalue weighted by molar-refractivity contribution is 7.89. The van der Waals surface area contributed by atoms with Gasteiger partial charge in [-0.05, 0) is 92.1 Å². The van der Waals surface area contributed by atoms with Gasteiger partial charge in [-0.1, -0.05) is 23.7 Å². The van der Waals surface area contributed by atoms with E-state index in [1.807, 2.05) is 9.80 Å². The molecule has 2 aromatic carbocycles. The van der Waals surface area contributed by atoms with Crippen LogP contribution in [0.1, 0.15) is 32.1 Å². The van der Waals surface area contributed by atoms with Crippen LogP contribution in [0.2, 0.25) is 5.02 Å². The summed E-state index contributed by atoms with van der Waals surface area (Å²) in [4.78, 5) is 45.2. The van der Waals surface area contributed by atoms with Gasteiger partial charge in [-0.2, -0.15) is 4.72 Å². The van der Waals surface area contributed by atoms with E-state index in [9.17, 15) is 22.8 Å². The molecule has 4 fully saturated rings. The lowest BCUT2D eigenvalue weighted by atomic mass is 9.83. The van der Waals surface area contributed by atoms with Crippen molar-refractivity contribution in [1.82, 2.24) is 24.7 Å². The van der Waals surface area contributed by atoms with Gasteiger partial charge < -0.3 is 20.0 Å². The number of hydrogen-bond donors (Lipinski definition) is 2. The van der Waals surface area contributed by atoms with E-state index in [0.717, 1.165) is 43.1 Å². The number of carbonyl (C=O) groups excluding carboxylic acids is 3. The molecule has 0 aromatic heterocycles. The number of halogens is 1. The van der Waals surface area contributed by atoms with Crippen molar-refractivity contribution in [1.29, 1.82) is 0 Å². The van der Waals surface area contributed by atoms with Gasteiger partial charge in [0, 0.05) is 43.7 Å². The largest absolute Gasteiger partial charge is 0.342 e. The van der Waals surface area contributed by atoms with Crippen molar-refractivity contribution in [2.24, 2.45) is 17.8 Å². The summed E-state index contributed by atoms with van der Waals surface area (Å²) in [5, 5.41) is 5.43. The Hall–Kier alpha value is -2.73. The van der Waals surface area contributed by atoms with Gasteiger partial charge in [0.1, 0.15) is 6.04 Å². The molecule has 0 saturated carbocycles. The van der Waals surface area contributed by atoms with Crippen LogP contribution in [0.25, 0.3) is 10.8 Å². The van der Waals surface area contributed by atoms with Crippen molar-refractivity contribution in [2.75, 3.05) is 52.4 Å². The minimum atomic E-state index is -3.96. The average Bonchev–Trinajstić information content (AvgIpc) is 2.98. The van der Waals surface area contributed by atoms with E-state index >= 15 is 0 Å². The first-order valence-corrected chi connectivity index (χ1v) is 16.8. The van der Waals surface area contributed by atoms with Crippen LogP contribution in [0, 0.1) is 17.8 Å². The predicted octanol–water partition coefficient (Wildman–Crippen LogP) is 2.07. The molecule has 4 aliphatic heterocycles. The summed E-state index contributed by atoms with van der Waals surface area (Å²) in [6, 6.07) is 9.07. The number of piperidine rings is 4. The van der Waals surface area contributed by atoms with Crippen molar-refractivity contribution in [2.45, 2.75) is 43.0 Å². The summed E-state index contributed by atoms with van der Waals surface area (Å²) in [5.74, 6) is 0.336. The highest BCUT2D eigenvalue weighted by Gasteiger charge is 2.40. The van der Waals surface area contributed by atoms with Gasteiger partial charge in [-0.25, -0.2) is 8.42 Å². The van der Waals surface area contributed by atoms with E-state index in [1.165, 1.54) is 11.0 Å². The Kier molecular flexibility index (Phi) is 8.46. The third kappa shape index (κ3) is 6.29. The minimum Gasteiger partial charge on any atom is -0.342 e. The topological polar surface area (TPSA) is 119 Å². The number of hydrogen-bond acceptors (Lipinski definition) is 6. The van der Waals surface area contributed by atoms with Crippen LogP contribution in [-0.2, 0) is 24.4 Å². The van der Waals surface area contributed by atoms with E-state index in [2.05, 4.69) is 10.0 Å². The van der Waals surface area contributed by atoms with Crippen LogP contribution in [0.3, 0.4) is 0 Å². The number of nitrogens with one attached hydrogen (secondary N) is 2. The third-order valence-corrected chi connectivity index (χ3v) is 10.9. The fraction of sp³-hybridized carbons (Fsp3) is 0.567. The second kappa shape index (κ2) is 12.1. The maximum absolute atomic E-state index is 13.4. The molecule has 226 valence electrons. The molecule has 0 spiro atoms. The number of carbonyl (C=O) groups is 3. The highest BCUT2D eigenvalue weighted by atomic mass is 35.5. The normalized spacial score (nSPS) is 25.6. The van der Waals surface area contributed by atoms with E-state index < -0.39 is 16.1 Å².